The van der Waals surface area contributed by atoms with E-state index in [4.69, 9.17) is 4.74 Å². The Balaban J connectivity index is 1.90. The topological polar surface area (TPSA) is 80.0 Å². The molecule has 0 radical (unpaired) electrons. The molecule has 2 aromatic rings. The van der Waals surface area contributed by atoms with Gasteiger partial charge in [0.2, 0.25) is 0 Å². The molecule has 1 aliphatic rings. The smallest absolute Gasteiger partial charge is 0.258 e. The summed E-state index contributed by atoms with van der Waals surface area (Å²) in [6.45, 7) is 3.20. The van der Waals surface area contributed by atoms with Crippen LogP contribution in [-0.2, 0) is 4.74 Å². The van der Waals surface area contributed by atoms with Crippen LogP contribution in [0.4, 0.5) is 0 Å². The van der Waals surface area contributed by atoms with Gasteiger partial charge in [-0.2, -0.15) is 0 Å². The standard InChI is InChI=1S/C14H18N4O3/c1-10(19)7-11-8-21-6-5-18(11)14(20)12-3-2-4-17-9-15-16-13(12)17/h2-4,9-11,19H,5-8H2,1H3. The number of carbonyl (C=O) groups is 1. The van der Waals surface area contributed by atoms with Crippen LogP contribution in [0.15, 0.2) is 24.7 Å². The summed E-state index contributed by atoms with van der Waals surface area (Å²) in [6.07, 6.45) is 3.40. The van der Waals surface area contributed by atoms with E-state index in [1.165, 1.54) is 0 Å². The molecule has 2 unspecified atom stereocenters. The number of hydrogen-bond acceptors (Lipinski definition) is 5. The van der Waals surface area contributed by atoms with Crippen LogP contribution in [0.25, 0.3) is 5.65 Å². The number of aliphatic hydroxyl groups is 1. The van der Waals surface area contributed by atoms with Crippen LogP contribution in [0, 0.1) is 0 Å². The van der Waals surface area contributed by atoms with Crippen molar-refractivity contribution in [3.05, 3.63) is 30.2 Å². The minimum atomic E-state index is -0.476. The molecule has 0 spiro atoms. The van der Waals surface area contributed by atoms with Crippen molar-refractivity contribution in [2.24, 2.45) is 0 Å². The summed E-state index contributed by atoms with van der Waals surface area (Å²) in [5, 5.41) is 17.4. The molecule has 112 valence electrons. The van der Waals surface area contributed by atoms with E-state index < -0.39 is 6.10 Å². The highest BCUT2D eigenvalue weighted by Gasteiger charge is 2.30. The number of morpholine rings is 1. The highest BCUT2D eigenvalue weighted by Crippen LogP contribution is 2.18. The van der Waals surface area contributed by atoms with Crippen LogP contribution in [0.1, 0.15) is 23.7 Å². The molecule has 1 saturated heterocycles. The number of ether oxygens (including phenoxy) is 1. The van der Waals surface area contributed by atoms with Crippen LogP contribution in [0.5, 0.6) is 0 Å². The fourth-order valence-electron chi connectivity index (χ4n) is 2.68. The van der Waals surface area contributed by atoms with Crippen molar-refractivity contribution in [3.8, 4) is 0 Å². The van der Waals surface area contributed by atoms with Gasteiger partial charge in [0, 0.05) is 12.7 Å². The van der Waals surface area contributed by atoms with E-state index in [1.807, 2.05) is 0 Å². The van der Waals surface area contributed by atoms with Gasteiger partial charge in [0.1, 0.15) is 6.33 Å². The van der Waals surface area contributed by atoms with E-state index in [1.54, 1.807) is 40.9 Å². The Hall–Kier alpha value is -1.99. The Morgan fingerprint density at radius 3 is 3.29 bits per heavy atom. The highest BCUT2D eigenvalue weighted by molar-refractivity contribution is 5.99. The summed E-state index contributed by atoms with van der Waals surface area (Å²) in [7, 11) is 0. The Morgan fingerprint density at radius 1 is 1.62 bits per heavy atom. The number of carbonyl (C=O) groups excluding carboxylic acids is 1. The largest absolute Gasteiger partial charge is 0.393 e. The van der Waals surface area contributed by atoms with Gasteiger partial charge in [0.05, 0.1) is 30.9 Å². The molecular formula is C14H18N4O3. The summed E-state index contributed by atoms with van der Waals surface area (Å²) < 4.78 is 7.15. The van der Waals surface area contributed by atoms with Crippen molar-refractivity contribution in [2.45, 2.75) is 25.5 Å². The number of hydrogen-bond donors (Lipinski definition) is 1. The van der Waals surface area contributed by atoms with E-state index in [0.29, 0.717) is 37.4 Å². The summed E-state index contributed by atoms with van der Waals surface area (Å²) in [5.74, 6) is -0.0949. The zero-order valence-corrected chi connectivity index (χ0v) is 11.8. The van der Waals surface area contributed by atoms with Crippen LogP contribution in [0.2, 0.25) is 0 Å². The van der Waals surface area contributed by atoms with Crippen LogP contribution < -0.4 is 0 Å². The fourth-order valence-corrected chi connectivity index (χ4v) is 2.68. The number of rotatable bonds is 3. The number of aromatic nitrogens is 3. The molecule has 2 aromatic heterocycles. The molecule has 21 heavy (non-hydrogen) atoms. The first-order valence-corrected chi connectivity index (χ1v) is 7.02. The molecule has 1 aliphatic heterocycles. The molecule has 7 nitrogen and oxygen atoms in total. The van der Waals surface area contributed by atoms with Crippen molar-refractivity contribution in [1.82, 2.24) is 19.5 Å². The van der Waals surface area contributed by atoms with Gasteiger partial charge in [-0.1, -0.05) is 0 Å². The number of aliphatic hydroxyl groups excluding tert-OH is 1. The lowest BCUT2D eigenvalue weighted by molar-refractivity contribution is -0.0151. The van der Waals surface area contributed by atoms with Gasteiger partial charge in [-0.15, -0.1) is 10.2 Å². The summed E-state index contributed by atoms with van der Waals surface area (Å²) >= 11 is 0. The Morgan fingerprint density at radius 2 is 2.48 bits per heavy atom. The Labute approximate surface area is 122 Å². The fraction of sp³-hybridized carbons (Fsp3) is 0.500. The van der Waals surface area contributed by atoms with Gasteiger partial charge in [-0.05, 0) is 25.5 Å². The minimum absolute atomic E-state index is 0.0949. The number of amides is 1. The maximum absolute atomic E-state index is 12.8. The lowest BCUT2D eigenvalue weighted by Crippen LogP contribution is -2.49. The van der Waals surface area contributed by atoms with E-state index in [-0.39, 0.29) is 11.9 Å². The Kier molecular flexibility index (Phi) is 3.85. The summed E-state index contributed by atoms with van der Waals surface area (Å²) in [5.41, 5.74) is 1.07. The molecule has 3 rings (SSSR count). The number of fused-ring (bicyclic) bond motifs is 1. The van der Waals surface area contributed by atoms with Crippen LogP contribution >= 0.6 is 0 Å². The Bertz CT molecular complexity index is 640. The molecule has 0 saturated carbocycles. The van der Waals surface area contributed by atoms with Crippen LogP contribution in [0.3, 0.4) is 0 Å². The van der Waals surface area contributed by atoms with E-state index in [2.05, 4.69) is 10.2 Å². The van der Waals surface area contributed by atoms with Crippen molar-refractivity contribution in [2.75, 3.05) is 19.8 Å². The molecule has 7 heteroatoms. The zero-order chi connectivity index (χ0) is 14.8. The zero-order valence-electron chi connectivity index (χ0n) is 11.8. The SMILES string of the molecule is CC(O)CC1COCCN1C(=O)c1cccn2cnnc12. The minimum Gasteiger partial charge on any atom is -0.393 e. The average molecular weight is 290 g/mol. The van der Waals surface area contributed by atoms with Crippen molar-refractivity contribution >= 4 is 11.6 Å². The molecule has 0 bridgehead atoms. The van der Waals surface area contributed by atoms with E-state index >= 15 is 0 Å². The summed E-state index contributed by atoms with van der Waals surface area (Å²) in [4.78, 5) is 14.6. The van der Waals surface area contributed by atoms with Gasteiger partial charge in [-0.25, -0.2) is 0 Å². The molecule has 1 fully saturated rings. The lowest BCUT2D eigenvalue weighted by atomic mass is 10.1. The third-order valence-electron chi connectivity index (χ3n) is 3.66. The maximum atomic E-state index is 12.8. The second-order valence-corrected chi connectivity index (χ2v) is 5.30. The number of pyridine rings is 1. The number of nitrogens with zero attached hydrogens (tertiary/aromatic N) is 4. The predicted octanol–water partition coefficient (Wildman–Crippen LogP) is 0.341. The van der Waals surface area contributed by atoms with E-state index in [0.717, 1.165) is 0 Å². The second-order valence-electron chi connectivity index (χ2n) is 5.30. The van der Waals surface area contributed by atoms with Crippen LogP contribution in [-0.4, -0.2) is 62.4 Å². The quantitative estimate of drug-likeness (QED) is 0.882. The van der Waals surface area contributed by atoms with Crippen molar-refractivity contribution < 1.29 is 14.6 Å². The molecular weight excluding hydrogens is 272 g/mol. The monoisotopic (exact) mass is 290 g/mol. The second kappa shape index (κ2) is 5.79. The van der Waals surface area contributed by atoms with Gasteiger partial charge in [0.15, 0.2) is 5.65 Å². The predicted molar refractivity (Wildman–Crippen MR) is 74.9 cm³/mol. The molecule has 0 aromatic carbocycles. The normalized spacial score (nSPS) is 20.7. The molecule has 2 atom stereocenters. The highest BCUT2D eigenvalue weighted by atomic mass is 16.5. The lowest BCUT2D eigenvalue weighted by Gasteiger charge is -2.36. The molecule has 1 N–H and O–H groups in total. The average Bonchev–Trinajstić information content (AvgIpc) is 2.95. The van der Waals surface area contributed by atoms with Gasteiger partial charge in [-0.3, -0.25) is 9.20 Å². The van der Waals surface area contributed by atoms with E-state index in [9.17, 15) is 9.90 Å². The maximum Gasteiger partial charge on any atom is 0.258 e. The van der Waals surface area contributed by atoms with Crippen molar-refractivity contribution in [1.29, 1.82) is 0 Å². The molecule has 3 heterocycles. The van der Waals surface area contributed by atoms with Crippen molar-refractivity contribution in [3.63, 3.8) is 0 Å². The molecule has 0 aliphatic carbocycles. The first kappa shape index (κ1) is 14.0. The summed E-state index contributed by atoms with van der Waals surface area (Å²) in [6, 6.07) is 3.43. The molecule has 1 amide bonds. The van der Waals surface area contributed by atoms with Gasteiger partial charge >= 0.3 is 0 Å². The third kappa shape index (κ3) is 2.74. The first-order chi connectivity index (χ1) is 10.2. The first-order valence-electron chi connectivity index (χ1n) is 7.02. The van der Waals surface area contributed by atoms with Gasteiger partial charge < -0.3 is 14.7 Å². The van der Waals surface area contributed by atoms with Gasteiger partial charge in [0.25, 0.3) is 5.91 Å². The third-order valence-corrected chi connectivity index (χ3v) is 3.66.